The standard InChI is InChI=1S/C31H34N2O4/c1-2-3-6-22-7-15-26(16-8-22)32-30(37)33-27-17-13-24(14-18-27)23-9-11-25(12-10-23)28(34)21-31(29(35)36)19-4-5-20-31/h7-18H,2-6,19-21H2,1H3,(H,35,36)(H2,32,33,37). The van der Waals surface area contributed by atoms with E-state index in [1.54, 1.807) is 12.1 Å². The van der Waals surface area contributed by atoms with Gasteiger partial charge in [0.2, 0.25) is 0 Å². The fourth-order valence-corrected chi connectivity index (χ4v) is 4.95. The van der Waals surface area contributed by atoms with Crippen molar-refractivity contribution in [1.82, 2.24) is 0 Å². The van der Waals surface area contributed by atoms with Crippen LogP contribution in [-0.4, -0.2) is 22.9 Å². The predicted molar refractivity (Wildman–Crippen MR) is 147 cm³/mol. The molecule has 0 aliphatic heterocycles. The Morgan fingerprint density at radius 2 is 1.30 bits per heavy atom. The molecule has 0 saturated heterocycles. The Hall–Kier alpha value is -3.93. The van der Waals surface area contributed by atoms with Crippen LogP contribution in [0, 0.1) is 5.41 Å². The van der Waals surface area contributed by atoms with Crippen molar-refractivity contribution in [3.8, 4) is 11.1 Å². The molecule has 0 unspecified atom stereocenters. The molecule has 6 heteroatoms. The average molecular weight is 499 g/mol. The third-order valence-electron chi connectivity index (χ3n) is 7.23. The fourth-order valence-electron chi connectivity index (χ4n) is 4.95. The van der Waals surface area contributed by atoms with Crippen LogP contribution < -0.4 is 10.6 Å². The van der Waals surface area contributed by atoms with Gasteiger partial charge in [-0.2, -0.15) is 0 Å². The lowest BCUT2D eigenvalue weighted by atomic mass is 9.80. The molecule has 1 saturated carbocycles. The van der Waals surface area contributed by atoms with Crippen molar-refractivity contribution in [2.75, 3.05) is 10.6 Å². The Labute approximate surface area is 218 Å². The van der Waals surface area contributed by atoms with E-state index in [0.29, 0.717) is 24.1 Å². The van der Waals surface area contributed by atoms with Gasteiger partial charge in [0, 0.05) is 23.4 Å². The topological polar surface area (TPSA) is 95.5 Å². The van der Waals surface area contributed by atoms with Crippen LogP contribution in [0.5, 0.6) is 0 Å². The van der Waals surface area contributed by atoms with Crippen molar-refractivity contribution in [3.63, 3.8) is 0 Å². The molecule has 192 valence electrons. The number of hydrogen-bond donors (Lipinski definition) is 3. The van der Waals surface area contributed by atoms with Gasteiger partial charge in [-0.05, 0) is 66.6 Å². The van der Waals surface area contributed by atoms with E-state index in [2.05, 4.69) is 17.6 Å². The first-order chi connectivity index (χ1) is 17.9. The molecule has 0 atom stereocenters. The van der Waals surface area contributed by atoms with Crippen LogP contribution in [0.3, 0.4) is 0 Å². The Morgan fingerprint density at radius 3 is 1.81 bits per heavy atom. The highest BCUT2D eigenvalue weighted by molar-refractivity contribution is 6.00. The molecule has 2 amide bonds. The molecule has 3 N–H and O–H groups in total. The molecule has 1 aliphatic rings. The van der Waals surface area contributed by atoms with Crippen LogP contribution in [0.2, 0.25) is 0 Å². The number of amides is 2. The lowest BCUT2D eigenvalue weighted by Gasteiger charge is -2.22. The number of aryl methyl sites for hydroxylation is 1. The summed E-state index contributed by atoms with van der Waals surface area (Å²) >= 11 is 0. The predicted octanol–water partition coefficient (Wildman–Crippen LogP) is 7.56. The van der Waals surface area contributed by atoms with Gasteiger partial charge in [0.15, 0.2) is 5.78 Å². The molecule has 0 spiro atoms. The van der Waals surface area contributed by atoms with Gasteiger partial charge in [-0.15, -0.1) is 0 Å². The number of carbonyl (C=O) groups excluding carboxylic acids is 2. The first-order valence-corrected chi connectivity index (χ1v) is 13.0. The van der Waals surface area contributed by atoms with Crippen molar-refractivity contribution in [1.29, 1.82) is 0 Å². The van der Waals surface area contributed by atoms with Crippen molar-refractivity contribution in [3.05, 3.63) is 83.9 Å². The largest absolute Gasteiger partial charge is 0.481 e. The maximum atomic E-state index is 12.8. The van der Waals surface area contributed by atoms with E-state index in [1.165, 1.54) is 5.56 Å². The summed E-state index contributed by atoms with van der Waals surface area (Å²) in [6.07, 6.45) is 6.24. The highest BCUT2D eigenvalue weighted by Gasteiger charge is 2.42. The number of nitrogens with one attached hydrogen (secondary N) is 2. The quantitative estimate of drug-likeness (QED) is 0.251. The van der Waals surface area contributed by atoms with Crippen molar-refractivity contribution < 1.29 is 19.5 Å². The zero-order valence-electron chi connectivity index (χ0n) is 21.3. The van der Waals surface area contributed by atoms with Gasteiger partial charge < -0.3 is 15.7 Å². The van der Waals surface area contributed by atoms with Crippen LogP contribution in [0.4, 0.5) is 16.2 Å². The lowest BCUT2D eigenvalue weighted by molar-refractivity contribution is -0.148. The maximum absolute atomic E-state index is 12.8. The SMILES string of the molecule is CCCCc1ccc(NC(=O)Nc2ccc(-c3ccc(C(=O)CC4(C(=O)O)CCCC4)cc3)cc2)cc1. The summed E-state index contributed by atoms with van der Waals surface area (Å²) in [6, 6.07) is 22.3. The molecule has 6 nitrogen and oxygen atoms in total. The second-order valence-electron chi connectivity index (χ2n) is 9.93. The van der Waals surface area contributed by atoms with Crippen molar-refractivity contribution in [2.45, 2.75) is 58.3 Å². The van der Waals surface area contributed by atoms with E-state index in [9.17, 15) is 19.5 Å². The number of carboxylic acids is 1. The minimum absolute atomic E-state index is 0.0487. The van der Waals surface area contributed by atoms with Gasteiger partial charge in [-0.3, -0.25) is 9.59 Å². The van der Waals surface area contributed by atoms with E-state index in [1.807, 2.05) is 60.7 Å². The minimum Gasteiger partial charge on any atom is -0.481 e. The highest BCUT2D eigenvalue weighted by Crippen LogP contribution is 2.42. The first-order valence-electron chi connectivity index (χ1n) is 13.0. The van der Waals surface area contributed by atoms with Gasteiger partial charge in [-0.25, -0.2) is 4.79 Å². The van der Waals surface area contributed by atoms with Crippen LogP contribution in [0.15, 0.2) is 72.8 Å². The number of ketones is 1. The van der Waals surface area contributed by atoms with Gasteiger partial charge in [0.05, 0.1) is 5.41 Å². The lowest BCUT2D eigenvalue weighted by Crippen LogP contribution is -2.30. The number of Topliss-reactive ketones (excluding diaryl/α,β-unsaturated/α-hetero) is 1. The molecule has 3 aromatic carbocycles. The Morgan fingerprint density at radius 1 is 0.784 bits per heavy atom. The summed E-state index contributed by atoms with van der Waals surface area (Å²) in [6.45, 7) is 2.17. The van der Waals surface area contributed by atoms with Crippen LogP contribution in [0.1, 0.15) is 67.8 Å². The Balaban J connectivity index is 1.33. The number of carboxylic acid groups (broad SMARTS) is 1. The number of urea groups is 1. The second-order valence-corrected chi connectivity index (χ2v) is 9.93. The number of anilines is 2. The third-order valence-corrected chi connectivity index (χ3v) is 7.23. The first kappa shape index (κ1) is 26.1. The normalized spacial score (nSPS) is 14.2. The summed E-state index contributed by atoms with van der Waals surface area (Å²) < 4.78 is 0. The smallest absolute Gasteiger partial charge is 0.323 e. The van der Waals surface area contributed by atoms with Crippen LogP contribution in [-0.2, 0) is 11.2 Å². The summed E-state index contributed by atoms with van der Waals surface area (Å²) in [4.78, 5) is 37.0. The molecule has 3 aromatic rings. The van der Waals surface area contributed by atoms with E-state index in [0.717, 1.165) is 48.9 Å². The molecule has 4 rings (SSSR count). The molecule has 1 fully saturated rings. The number of benzene rings is 3. The Bertz CT molecular complexity index is 1230. The van der Waals surface area contributed by atoms with Crippen LogP contribution >= 0.6 is 0 Å². The summed E-state index contributed by atoms with van der Waals surface area (Å²) in [7, 11) is 0. The maximum Gasteiger partial charge on any atom is 0.323 e. The number of hydrogen-bond acceptors (Lipinski definition) is 3. The van der Waals surface area contributed by atoms with Crippen LogP contribution in [0.25, 0.3) is 11.1 Å². The zero-order valence-corrected chi connectivity index (χ0v) is 21.3. The van der Waals surface area contributed by atoms with Crippen molar-refractivity contribution >= 4 is 29.2 Å². The molecule has 0 heterocycles. The van der Waals surface area contributed by atoms with Gasteiger partial charge in [0.1, 0.15) is 0 Å². The number of rotatable bonds is 10. The molecule has 0 aromatic heterocycles. The Kier molecular flexibility index (Phi) is 8.39. The summed E-state index contributed by atoms with van der Waals surface area (Å²) in [5.74, 6) is -0.991. The molecule has 0 bridgehead atoms. The van der Waals surface area contributed by atoms with E-state index in [-0.39, 0.29) is 18.2 Å². The number of aliphatic carboxylic acids is 1. The average Bonchev–Trinajstić information content (AvgIpc) is 3.39. The van der Waals surface area contributed by atoms with Gasteiger partial charge in [-0.1, -0.05) is 74.7 Å². The van der Waals surface area contributed by atoms with E-state index in [4.69, 9.17) is 0 Å². The third kappa shape index (κ3) is 6.64. The second kappa shape index (κ2) is 11.9. The monoisotopic (exact) mass is 498 g/mol. The fraction of sp³-hybridized carbons (Fsp3) is 0.323. The number of unbranched alkanes of at least 4 members (excludes halogenated alkanes) is 1. The van der Waals surface area contributed by atoms with Crippen molar-refractivity contribution in [2.24, 2.45) is 5.41 Å². The van der Waals surface area contributed by atoms with Gasteiger partial charge >= 0.3 is 12.0 Å². The van der Waals surface area contributed by atoms with E-state index < -0.39 is 11.4 Å². The summed E-state index contributed by atoms with van der Waals surface area (Å²) in [5, 5.41) is 15.4. The zero-order chi connectivity index (χ0) is 26.3. The highest BCUT2D eigenvalue weighted by atomic mass is 16.4. The molecular formula is C31H34N2O4. The van der Waals surface area contributed by atoms with Gasteiger partial charge in [0.25, 0.3) is 0 Å². The minimum atomic E-state index is -0.914. The summed E-state index contributed by atoms with van der Waals surface area (Å²) in [5.41, 5.74) is 4.18. The number of carbonyl (C=O) groups is 3. The molecular weight excluding hydrogens is 464 g/mol. The van der Waals surface area contributed by atoms with E-state index >= 15 is 0 Å². The molecule has 1 aliphatic carbocycles. The molecule has 0 radical (unpaired) electrons. The molecule has 37 heavy (non-hydrogen) atoms.